The SMILES string of the molecule is N#CC(=Cc1ccc(-c2ccc(-c3cc4ccc(N5CCCCC5)cc4oc3=O)s2)s1)C(=O)O. The lowest BCUT2D eigenvalue weighted by atomic mass is 10.1. The molecule has 6 nitrogen and oxygen atoms in total. The molecule has 0 unspecified atom stereocenters. The summed E-state index contributed by atoms with van der Waals surface area (Å²) < 4.78 is 5.71. The third-order valence-electron chi connectivity index (χ3n) is 5.82. The van der Waals surface area contributed by atoms with Crippen LogP contribution in [0, 0.1) is 11.3 Å². The van der Waals surface area contributed by atoms with Crippen LogP contribution in [0.4, 0.5) is 5.69 Å². The van der Waals surface area contributed by atoms with Crippen LogP contribution in [0.25, 0.3) is 37.2 Å². The highest BCUT2D eigenvalue weighted by Crippen LogP contribution is 2.38. The van der Waals surface area contributed by atoms with E-state index >= 15 is 0 Å². The van der Waals surface area contributed by atoms with Crippen molar-refractivity contribution in [1.82, 2.24) is 0 Å². The smallest absolute Gasteiger partial charge is 0.346 e. The number of hydrogen-bond donors (Lipinski definition) is 1. The number of rotatable bonds is 5. The van der Waals surface area contributed by atoms with E-state index < -0.39 is 5.97 Å². The summed E-state index contributed by atoms with van der Waals surface area (Å²) in [5.74, 6) is -1.25. The van der Waals surface area contributed by atoms with Crippen molar-refractivity contribution in [3.05, 3.63) is 69.4 Å². The van der Waals surface area contributed by atoms with E-state index in [2.05, 4.69) is 11.0 Å². The Morgan fingerprint density at radius 3 is 2.50 bits per heavy atom. The van der Waals surface area contributed by atoms with Gasteiger partial charge in [-0.05, 0) is 67.8 Å². The second-order valence-electron chi connectivity index (χ2n) is 8.06. The van der Waals surface area contributed by atoms with Crippen LogP contribution in [0.15, 0.2) is 63.3 Å². The van der Waals surface area contributed by atoms with Gasteiger partial charge in [0, 0.05) is 49.7 Å². The zero-order valence-corrected chi connectivity index (χ0v) is 19.7. The minimum atomic E-state index is -1.25. The molecular formula is C26H20N2O4S2. The molecule has 1 aliphatic rings. The predicted octanol–water partition coefficient (Wildman–Crippen LogP) is 6.23. The molecule has 1 saturated heterocycles. The molecule has 1 aromatic carbocycles. The number of piperidine rings is 1. The quantitative estimate of drug-likeness (QED) is 0.203. The van der Waals surface area contributed by atoms with Crippen LogP contribution in [-0.2, 0) is 4.79 Å². The third-order valence-corrected chi connectivity index (χ3v) is 8.17. The number of nitriles is 1. The zero-order valence-electron chi connectivity index (χ0n) is 18.1. The summed E-state index contributed by atoms with van der Waals surface area (Å²) in [6.07, 6.45) is 4.99. The number of anilines is 1. The fourth-order valence-electron chi connectivity index (χ4n) is 4.08. The largest absolute Gasteiger partial charge is 0.477 e. The summed E-state index contributed by atoms with van der Waals surface area (Å²) in [5, 5.41) is 18.9. The molecule has 170 valence electrons. The molecule has 0 bridgehead atoms. The normalized spacial score (nSPS) is 14.3. The van der Waals surface area contributed by atoms with Crippen LogP contribution in [0.3, 0.4) is 0 Å². The van der Waals surface area contributed by atoms with Crippen LogP contribution in [0.5, 0.6) is 0 Å². The molecule has 0 spiro atoms. The van der Waals surface area contributed by atoms with Crippen LogP contribution in [0.1, 0.15) is 24.1 Å². The summed E-state index contributed by atoms with van der Waals surface area (Å²) in [5.41, 5.74) is 1.52. The lowest BCUT2D eigenvalue weighted by Crippen LogP contribution is -2.29. The zero-order chi connectivity index (χ0) is 23.7. The van der Waals surface area contributed by atoms with Crippen LogP contribution < -0.4 is 10.5 Å². The molecule has 0 amide bonds. The van der Waals surface area contributed by atoms with E-state index in [4.69, 9.17) is 14.8 Å². The maximum absolute atomic E-state index is 12.8. The summed E-state index contributed by atoms with van der Waals surface area (Å²) in [6, 6.07) is 17.1. The van der Waals surface area contributed by atoms with E-state index in [9.17, 15) is 9.59 Å². The molecule has 3 aromatic heterocycles. The van der Waals surface area contributed by atoms with Gasteiger partial charge in [-0.3, -0.25) is 0 Å². The summed E-state index contributed by atoms with van der Waals surface area (Å²) in [7, 11) is 0. The molecule has 1 N–H and O–H groups in total. The number of aliphatic carboxylic acids is 1. The highest BCUT2D eigenvalue weighted by atomic mass is 32.1. The maximum Gasteiger partial charge on any atom is 0.346 e. The molecule has 4 aromatic rings. The third kappa shape index (κ3) is 4.40. The van der Waals surface area contributed by atoms with E-state index in [1.54, 1.807) is 12.1 Å². The monoisotopic (exact) mass is 488 g/mol. The van der Waals surface area contributed by atoms with Crippen molar-refractivity contribution < 1.29 is 14.3 Å². The second kappa shape index (κ2) is 9.29. The summed E-state index contributed by atoms with van der Waals surface area (Å²) in [4.78, 5) is 29.6. The van der Waals surface area contributed by atoms with E-state index in [-0.39, 0.29) is 11.2 Å². The molecule has 0 aliphatic carbocycles. The van der Waals surface area contributed by atoms with Gasteiger partial charge in [-0.2, -0.15) is 5.26 Å². The highest BCUT2D eigenvalue weighted by molar-refractivity contribution is 7.24. The van der Waals surface area contributed by atoms with Gasteiger partial charge in [-0.25, -0.2) is 9.59 Å². The number of nitrogens with zero attached hydrogens (tertiary/aromatic N) is 2. The molecule has 34 heavy (non-hydrogen) atoms. The minimum Gasteiger partial charge on any atom is -0.477 e. The Bertz CT molecular complexity index is 1510. The van der Waals surface area contributed by atoms with E-state index in [0.29, 0.717) is 16.0 Å². The van der Waals surface area contributed by atoms with Gasteiger partial charge in [-0.1, -0.05) is 0 Å². The summed E-state index contributed by atoms with van der Waals surface area (Å²) >= 11 is 2.86. The molecule has 4 heterocycles. The van der Waals surface area contributed by atoms with Crippen molar-refractivity contribution in [1.29, 1.82) is 5.26 Å². The Balaban J connectivity index is 1.43. The van der Waals surface area contributed by atoms with Crippen molar-refractivity contribution in [2.24, 2.45) is 0 Å². The number of carboxylic acids is 1. The Hall–Kier alpha value is -3.67. The van der Waals surface area contributed by atoms with Crippen molar-refractivity contribution in [2.75, 3.05) is 18.0 Å². The first-order valence-electron chi connectivity index (χ1n) is 10.9. The van der Waals surface area contributed by atoms with Gasteiger partial charge in [-0.15, -0.1) is 22.7 Å². The molecule has 0 atom stereocenters. The Morgan fingerprint density at radius 1 is 1.00 bits per heavy atom. The molecule has 1 fully saturated rings. The van der Waals surface area contributed by atoms with Gasteiger partial charge >= 0.3 is 11.6 Å². The average Bonchev–Trinajstić information content (AvgIpc) is 3.52. The first-order valence-corrected chi connectivity index (χ1v) is 12.5. The Labute approximate surface area is 203 Å². The van der Waals surface area contributed by atoms with E-state index in [1.807, 2.05) is 36.4 Å². The lowest BCUT2D eigenvalue weighted by molar-refractivity contribution is -0.132. The van der Waals surface area contributed by atoms with Crippen molar-refractivity contribution in [2.45, 2.75) is 19.3 Å². The minimum absolute atomic E-state index is 0.308. The topological polar surface area (TPSA) is 94.5 Å². The van der Waals surface area contributed by atoms with Crippen molar-refractivity contribution in [3.8, 4) is 26.3 Å². The van der Waals surface area contributed by atoms with E-state index in [1.165, 1.54) is 48.0 Å². The molecule has 0 radical (unpaired) electrons. The van der Waals surface area contributed by atoms with Gasteiger partial charge in [0.05, 0.1) is 5.56 Å². The number of hydrogen-bond acceptors (Lipinski definition) is 7. The molecular weight excluding hydrogens is 468 g/mol. The Kier molecular flexibility index (Phi) is 6.05. The van der Waals surface area contributed by atoms with Crippen LogP contribution >= 0.6 is 22.7 Å². The average molecular weight is 489 g/mol. The van der Waals surface area contributed by atoms with Gasteiger partial charge < -0.3 is 14.4 Å². The molecule has 1 aliphatic heterocycles. The van der Waals surface area contributed by atoms with Gasteiger partial charge in [0.25, 0.3) is 0 Å². The first kappa shape index (κ1) is 22.1. The second-order valence-corrected chi connectivity index (χ2v) is 10.3. The van der Waals surface area contributed by atoms with Crippen LogP contribution in [-0.4, -0.2) is 24.2 Å². The number of benzene rings is 1. The number of fused-ring (bicyclic) bond motifs is 1. The van der Waals surface area contributed by atoms with E-state index in [0.717, 1.165) is 38.8 Å². The van der Waals surface area contributed by atoms with Crippen LogP contribution in [0.2, 0.25) is 0 Å². The highest BCUT2D eigenvalue weighted by Gasteiger charge is 2.15. The lowest BCUT2D eigenvalue weighted by Gasteiger charge is -2.28. The number of thiophene rings is 2. The number of carboxylic acid groups (broad SMARTS) is 1. The molecule has 0 saturated carbocycles. The molecule has 5 rings (SSSR count). The van der Waals surface area contributed by atoms with Gasteiger partial charge in [0.2, 0.25) is 0 Å². The maximum atomic E-state index is 12.8. The first-order chi connectivity index (χ1) is 16.5. The Morgan fingerprint density at radius 2 is 1.74 bits per heavy atom. The fraction of sp³-hybridized carbons (Fsp3) is 0.192. The van der Waals surface area contributed by atoms with Gasteiger partial charge in [0.1, 0.15) is 17.2 Å². The van der Waals surface area contributed by atoms with Gasteiger partial charge in [0.15, 0.2) is 0 Å². The standard InChI is InChI=1S/C26H20N2O4S2/c27-15-17(25(29)30)12-19-6-7-23(33-19)24-9-8-22(34-24)20-13-16-4-5-18(14-21(16)32-26(20)31)28-10-2-1-3-11-28/h4-9,12-14H,1-3,10-11H2,(H,29,30). The predicted molar refractivity (Wildman–Crippen MR) is 136 cm³/mol. The molecule has 8 heteroatoms. The van der Waals surface area contributed by atoms with Crippen molar-refractivity contribution >= 4 is 51.4 Å². The number of carbonyl (C=O) groups is 1. The fourth-order valence-corrected chi connectivity index (χ4v) is 6.13. The summed E-state index contributed by atoms with van der Waals surface area (Å²) in [6.45, 7) is 2.06. The van der Waals surface area contributed by atoms with Crippen molar-refractivity contribution in [3.63, 3.8) is 0 Å².